The lowest BCUT2D eigenvalue weighted by Crippen LogP contribution is -2.49. The molecule has 2 aromatic carbocycles. The summed E-state index contributed by atoms with van der Waals surface area (Å²) in [6, 6.07) is 12.6. The van der Waals surface area contributed by atoms with Crippen LogP contribution in [0.2, 0.25) is 0 Å². The number of rotatable bonds is 8. The second-order valence-electron chi connectivity index (χ2n) is 10.3. The number of nitrogens with one attached hydrogen (secondary N) is 2. The summed E-state index contributed by atoms with van der Waals surface area (Å²) in [5, 5.41) is 11.4. The van der Waals surface area contributed by atoms with Gasteiger partial charge in [0.25, 0.3) is 0 Å². The number of amides is 3. The molecule has 1 unspecified atom stereocenters. The van der Waals surface area contributed by atoms with Gasteiger partial charge < -0.3 is 20.3 Å². The van der Waals surface area contributed by atoms with Crippen molar-refractivity contribution in [2.24, 2.45) is 5.92 Å². The van der Waals surface area contributed by atoms with E-state index < -0.39 is 6.09 Å². The Hall–Kier alpha value is -3.55. The van der Waals surface area contributed by atoms with E-state index in [1.807, 2.05) is 47.1 Å². The number of hydrogen-bond donors (Lipinski definition) is 3. The van der Waals surface area contributed by atoms with Gasteiger partial charge in [0.15, 0.2) is 0 Å². The zero-order valence-electron chi connectivity index (χ0n) is 20.5. The minimum atomic E-state index is -1.05. The second-order valence-corrected chi connectivity index (χ2v) is 10.3. The highest BCUT2D eigenvalue weighted by Crippen LogP contribution is 2.38. The summed E-state index contributed by atoms with van der Waals surface area (Å²) >= 11 is 0. The highest BCUT2D eigenvalue weighted by atomic mass is 16.4. The average molecular weight is 476 g/mol. The van der Waals surface area contributed by atoms with E-state index in [1.165, 1.54) is 5.56 Å². The van der Waals surface area contributed by atoms with Gasteiger partial charge in [-0.2, -0.15) is 0 Å². The molecule has 1 fully saturated rings. The molecule has 1 atom stereocenters. The molecule has 1 aliphatic carbocycles. The summed E-state index contributed by atoms with van der Waals surface area (Å²) < 4.78 is 0. The third kappa shape index (κ3) is 4.83. The predicted molar refractivity (Wildman–Crippen MR) is 136 cm³/mol. The van der Waals surface area contributed by atoms with Gasteiger partial charge in [-0.05, 0) is 67.0 Å². The topological polar surface area (TPSA) is 102 Å². The molecule has 2 aliphatic rings. The Kier molecular flexibility index (Phi) is 6.13. The van der Waals surface area contributed by atoms with Crippen LogP contribution in [-0.4, -0.2) is 44.7 Å². The Labute approximate surface area is 205 Å². The van der Waals surface area contributed by atoms with Crippen LogP contribution in [0.1, 0.15) is 61.5 Å². The molecule has 5 rings (SSSR count). The highest BCUT2D eigenvalue weighted by molar-refractivity contribution is 5.95. The number of urea groups is 1. The fraction of sp³-hybridized carbons (Fsp3) is 0.444. The maximum atomic E-state index is 13.6. The molecule has 184 valence electrons. The third-order valence-corrected chi connectivity index (χ3v) is 7.02. The van der Waals surface area contributed by atoms with Gasteiger partial charge in [-0.15, -0.1) is 0 Å². The fourth-order valence-corrected chi connectivity index (χ4v) is 5.11. The normalized spacial score (nSPS) is 16.6. The van der Waals surface area contributed by atoms with E-state index >= 15 is 0 Å². The Morgan fingerprint density at radius 1 is 1.26 bits per heavy atom. The molecule has 0 spiro atoms. The molecule has 1 aliphatic heterocycles. The first-order chi connectivity index (χ1) is 16.8. The lowest BCUT2D eigenvalue weighted by Gasteiger charge is -2.39. The Bertz CT molecular complexity index is 1260. The maximum Gasteiger partial charge on any atom is 0.404 e. The van der Waals surface area contributed by atoms with E-state index in [0.717, 1.165) is 52.9 Å². The smallest absolute Gasteiger partial charge is 0.404 e. The Morgan fingerprint density at radius 2 is 2.03 bits per heavy atom. The highest BCUT2D eigenvalue weighted by Gasteiger charge is 2.40. The minimum absolute atomic E-state index is 0.0412. The zero-order valence-corrected chi connectivity index (χ0v) is 20.5. The van der Waals surface area contributed by atoms with E-state index in [0.29, 0.717) is 25.0 Å². The quantitative estimate of drug-likeness (QED) is 0.407. The lowest BCUT2D eigenvalue weighted by atomic mass is 9.95. The number of para-hydroxylation sites is 1. The van der Waals surface area contributed by atoms with Crippen LogP contribution in [0.15, 0.2) is 36.4 Å². The zero-order chi connectivity index (χ0) is 24.7. The minimum Gasteiger partial charge on any atom is -0.465 e. The van der Waals surface area contributed by atoms with Crippen LogP contribution < -0.4 is 10.2 Å². The van der Waals surface area contributed by atoms with Crippen molar-refractivity contribution >= 4 is 28.8 Å². The van der Waals surface area contributed by atoms with E-state index in [-0.39, 0.29) is 18.5 Å². The molecule has 0 radical (unpaired) electrons. The van der Waals surface area contributed by atoms with Gasteiger partial charge in [0, 0.05) is 31.6 Å². The van der Waals surface area contributed by atoms with Crippen molar-refractivity contribution in [1.82, 2.24) is 20.2 Å². The van der Waals surface area contributed by atoms with Crippen LogP contribution >= 0.6 is 0 Å². The van der Waals surface area contributed by atoms with Crippen LogP contribution in [0.25, 0.3) is 11.0 Å². The molecule has 8 nitrogen and oxygen atoms in total. The number of hydrogen-bond acceptors (Lipinski definition) is 3. The summed E-state index contributed by atoms with van der Waals surface area (Å²) in [4.78, 5) is 36.9. The molecule has 35 heavy (non-hydrogen) atoms. The summed E-state index contributed by atoms with van der Waals surface area (Å²) in [6.07, 6.45) is 2.01. The fourth-order valence-electron chi connectivity index (χ4n) is 5.11. The van der Waals surface area contributed by atoms with Gasteiger partial charge in [0.2, 0.25) is 0 Å². The van der Waals surface area contributed by atoms with Gasteiger partial charge >= 0.3 is 12.1 Å². The number of benzene rings is 2. The Balaban J connectivity index is 1.47. The first-order valence-corrected chi connectivity index (χ1v) is 12.4. The van der Waals surface area contributed by atoms with Gasteiger partial charge in [0.05, 0.1) is 16.7 Å². The molecule has 2 heterocycles. The van der Waals surface area contributed by atoms with Crippen LogP contribution in [0.5, 0.6) is 0 Å². The molecule has 8 heteroatoms. The SMILES string of the molecule is Cc1cc2[nH]c(C(CC(C)C)CN3C(=O)N(C4CC4)Cc4ccccc43)nc2cc1CNC(=O)O. The second kappa shape index (κ2) is 9.24. The van der Waals surface area contributed by atoms with E-state index in [1.54, 1.807) is 0 Å². The summed E-state index contributed by atoms with van der Waals surface area (Å²) in [5.74, 6) is 1.34. The number of nitrogens with zero attached hydrogens (tertiary/aromatic N) is 3. The van der Waals surface area contributed by atoms with Crippen molar-refractivity contribution < 1.29 is 14.7 Å². The summed E-state index contributed by atoms with van der Waals surface area (Å²) in [7, 11) is 0. The number of carbonyl (C=O) groups excluding carboxylic acids is 1. The summed E-state index contributed by atoms with van der Waals surface area (Å²) in [5.41, 5.74) is 5.83. The van der Waals surface area contributed by atoms with Crippen LogP contribution in [0.4, 0.5) is 15.3 Å². The molecule has 3 N–H and O–H groups in total. The molecule has 3 amide bonds. The summed E-state index contributed by atoms with van der Waals surface area (Å²) in [6.45, 7) is 7.84. The van der Waals surface area contributed by atoms with Gasteiger partial charge in [0.1, 0.15) is 5.82 Å². The molecule has 0 bridgehead atoms. The van der Waals surface area contributed by atoms with Crippen LogP contribution in [0, 0.1) is 12.8 Å². The number of carbonyl (C=O) groups is 2. The molecular weight excluding hydrogens is 442 g/mol. The van der Waals surface area contributed by atoms with Gasteiger partial charge in [-0.3, -0.25) is 4.90 Å². The number of carboxylic acid groups (broad SMARTS) is 1. The number of aryl methyl sites for hydroxylation is 1. The first kappa shape index (κ1) is 23.2. The largest absolute Gasteiger partial charge is 0.465 e. The third-order valence-electron chi connectivity index (χ3n) is 7.02. The molecule has 0 saturated heterocycles. The van der Waals surface area contributed by atoms with Crippen molar-refractivity contribution in [2.75, 3.05) is 11.4 Å². The van der Waals surface area contributed by atoms with Gasteiger partial charge in [-0.1, -0.05) is 32.0 Å². The van der Waals surface area contributed by atoms with Crippen molar-refractivity contribution in [2.45, 2.75) is 65.1 Å². The first-order valence-electron chi connectivity index (χ1n) is 12.4. The number of imidazole rings is 1. The van der Waals surface area contributed by atoms with Crippen molar-refractivity contribution in [1.29, 1.82) is 0 Å². The Morgan fingerprint density at radius 3 is 2.74 bits per heavy atom. The number of aromatic nitrogens is 2. The molecule has 1 saturated carbocycles. The van der Waals surface area contributed by atoms with E-state index in [4.69, 9.17) is 10.1 Å². The van der Waals surface area contributed by atoms with Crippen LogP contribution in [0.3, 0.4) is 0 Å². The molecular formula is C27H33N5O3. The standard InChI is InChI=1S/C27H33N5O3/c1-16(2)10-20(25-29-22-11-17(3)19(12-23(22)30-25)13-28-26(33)34)15-32-24-7-5-4-6-18(24)14-31(27(32)35)21-8-9-21/h4-7,11-12,16,20-21,28H,8-10,13-15H2,1-3H3,(H,29,30)(H,33,34). The van der Waals surface area contributed by atoms with E-state index in [9.17, 15) is 9.59 Å². The number of H-pyrrole nitrogens is 1. The molecule has 3 aromatic rings. The van der Waals surface area contributed by atoms with Crippen LogP contribution in [-0.2, 0) is 13.1 Å². The number of fused-ring (bicyclic) bond motifs is 2. The van der Waals surface area contributed by atoms with Crippen molar-refractivity contribution in [3.63, 3.8) is 0 Å². The lowest BCUT2D eigenvalue weighted by molar-refractivity contribution is 0.193. The van der Waals surface area contributed by atoms with Gasteiger partial charge in [-0.25, -0.2) is 14.6 Å². The molecule has 1 aromatic heterocycles. The average Bonchev–Trinajstić information content (AvgIpc) is 3.57. The van der Waals surface area contributed by atoms with Crippen molar-refractivity contribution in [3.05, 3.63) is 58.9 Å². The monoisotopic (exact) mass is 475 g/mol. The predicted octanol–water partition coefficient (Wildman–Crippen LogP) is 5.37. The van der Waals surface area contributed by atoms with E-state index in [2.05, 4.69) is 30.2 Å². The number of aromatic amines is 1. The number of anilines is 1. The van der Waals surface area contributed by atoms with Crippen molar-refractivity contribution in [3.8, 4) is 0 Å². The maximum absolute atomic E-state index is 13.6.